The first-order valence-electron chi connectivity index (χ1n) is 5.12. The van der Waals surface area contributed by atoms with Gasteiger partial charge >= 0.3 is 0 Å². The van der Waals surface area contributed by atoms with Crippen molar-refractivity contribution >= 4 is 5.91 Å². The minimum absolute atomic E-state index is 0.0675. The molecule has 1 heterocycles. The topological polar surface area (TPSA) is 64.4 Å². The van der Waals surface area contributed by atoms with E-state index < -0.39 is 0 Å². The third-order valence-electron chi connectivity index (χ3n) is 2.53. The van der Waals surface area contributed by atoms with Gasteiger partial charge in [-0.25, -0.2) is 4.39 Å². The van der Waals surface area contributed by atoms with Crippen LogP contribution in [0, 0.1) is 5.82 Å². The summed E-state index contributed by atoms with van der Waals surface area (Å²) in [5, 5.41) is 2.74. The molecule has 86 valence electrons. The van der Waals surface area contributed by atoms with Crippen LogP contribution in [0.3, 0.4) is 0 Å². The van der Waals surface area contributed by atoms with Crippen molar-refractivity contribution in [3.8, 4) is 5.75 Å². The first-order chi connectivity index (χ1) is 7.70. The molecule has 16 heavy (non-hydrogen) atoms. The molecule has 1 aromatic carbocycles. The molecule has 0 bridgehead atoms. The van der Waals surface area contributed by atoms with E-state index in [4.69, 9.17) is 10.5 Å². The predicted octanol–water partition coefficient (Wildman–Crippen LogP) is 0.724. The van der Waals surface area contributed by atoms with Crippen LogP contribution in [0.25, 0.3) is 0 Å². The highest BCUT2D eigenvalue weighted by Gasteiger charge is 2.22. The van der Waals surface area contributed by atoms with E-state index in [0.29, 0.717) is 24.3 Å². The Balaban J connectivity index is 2.24. The van der Waals surface area contributed by atoms with Gasteiger partial charge in [-0.05, 0) is 18.2 Å². The molecular formula is C11H13FN2O2. The maximum absolute atomic E-state index is 13.1. The van der Waals surface area contributed by atoms with Crippen molar-refractivity contribution in [3.63, 3.8) is 0 Å². The third kappa shape index (κ3) is 2.14. The molecule has 0 saturated heterocycles. The van der Waals surface area contributed by atoms with Crippen LogP contribution in [0.15, 0.2) is 18.2 Å². The van der Waals surface area contributed by atoms with Gasteiger partial charge in [0.05, 0.1) is 19.2 Å². The van der Waals surface area contributed by atoms with Gasteiger partial charge in [0.2, 0.25) is 5.91 Å². The molecule has 0 aromatic heterocycles. The van der Waals surface area contributed by atoms with E-state index in [1.165, 1.54) is 12.1 Å². The van der Waals surface area contributed by atoms with E-state index in [1.807, 2.05) is 0 Å². The van der Waals surface area contributed by atoms with E-state index in [2.05, 4.69) is 5.32 Å². The van der Waals surface area contributed by atoms with Crippen LogP contribution in [-0.2, 0) is 4.79 Å². The highest BCUT2D eigenvalue weighted by molar-refractivity contribution is 5.78. The molecule has 0 aliphatic carbocycles. The maximum atomic E-state index is 13.1. The Hall–Kier alpha value is -1.62. The average molecular weight is 224 g/mol. The molecule has 2 rings (SSSR count). The molecule has 0 saturated carbocycles. The molecular weight excluding hydrogens is 211 g/mol. The van der Waals surface area contributed by atoms with Gasteiger partial charge in [0, 0.05) is 12.0 Å². The van der Waals surface area contributed by atoms with Crippen molar-refractivity contribution < 1.29 is 13.9 Å². The Bertz CT molecular complexity index is 409. The predicted molar refractivity (Wildman–Crippen MR) is 56.5 cm³/mol. The Kier molecular flexibility index (Phi) is 3.05. The molecule has 0 spiro atoms. The molecule has 5 heteroatoms. The zero-order chi connectivity index (χ0) is 11.5. The van der Waals surface area contributed by atoms with Crippen molar-refractivity contribution in [2.45, 2.75) is 12.5 Å². The number of hydrogen-bond acceptors (Lipinski definition) is 3. The van der Waals surface area contributed by atoms with Crippen molar-refractivity contribution in [1.29, 1.82) is 0 Å². The van der Waals surface area contributed by atoms with Crippen LogP contribution >= 0.6 is 0 Å². The van der Waals surface area contributed by atoms with Crippen molar-refractivity contribution in [2.75, 3.05) is 13.2 Å². The van der Waals surface area contributed by atoms with E-state index in [1.54, 1.807) is 6.07 Å². The zero-order valence-corrected chi connectivity index (χ0v) is 8.70. The maximum Gasteiger partial charge on any atom is 0.234 e. The summed E-state index contributed by atoms with van der Waals surface area (Å²) in [6.45, 7) is 0.441. The monoisotopic (exact) mass is 224 g/mol. The quantitative estimate of drug-likeness (QED) is 0.778. The van der Waals surface area contributed by atoms with Gasteiger partial charge in [-0.15, -0.1) is 0 Å². The molecule has 3 N–H and O–H groups in total. The van der Waals surface area contributed by atoms with Gasteiger partial charge in [0.1, 0.15) is 11.6 Å². The summed E-state index contributed by atoms with van der Waals surface area (Å²) >= 11 is 0. The van der Waals surface area contributed by atoms with Gasteiger partial charge in [-0.2, -0.15) is 0 Å². The number of benzene rings is 1. The number of halogens is 1. The SMILES string of the molecule is NCC(=O)NC1CCOc2ccc(F)cc21. The van der Waals surface area contributed by atoms with Crippen LogP contribution in [0.2, 0.25) is 0 Å². The third-order valence-corrected chi connectivity index (χ3v) is 2.53. The Labute approximate surface area is 92.6 Å². The fourth-order valence-electron chi connectivity index (χ4n) is 1.77. The fraction of sp³-hybridized carbons (Fsp3) is 0.364. The molecule has 1 aliphatic heterocycles. The van der Waals surface area contributed by atoms with Crippen LogP contribution < -0.4 is 15.8 Å². The van der Waals surface area contributed by atoms with E-state index in [9.17, 15) is 9.18 Å². The fourth-order valence-corrected chi connectivity index (χ4v) is 1.77. The lowest BCUT2D eigenvalue weighted by Gasteiger charge is -2.26. The molecule has 1 amide bonds. The van der Waals surface area contributed by atoms with Gasteiger partial charge < -0.3 is 15.8 Å². The number of amides is 1. The zero-order valence-electron chi connectivity index (χ0n) is 8.70. The lowest BCUT2D eigenvalue weighted by molar-refractivity contribution is -0.120. The minimum Gasteiger partial charge on any atom is -0.493 e. The summed E-state index contributed by atoms with van der Waals surface area (Å²) in [5.74, 6) is 0.0355. The molecule has 1 aliphatic rings. The number of ether oxygens (including phenoxy) is 1. The summed E-state index contributed by atoms with van der Waals surface area (Å²) in [7, 11) is 0. The summed E-state index contributed by atoms with van der Waals surface area (Å²) in [6, 6.07) is 4.09. The summed E-state index contributed by atoms with van der Waals surface area (Å²) < 4.78 is 18.5. The smallest absolute Gasteiger partial charge is 0.234 e. The van der Waals surface area contributed by atoms with Crippen LogP contribution in [-0.4, -0.2) is 19.1 Å². The van der Waals surface area contributed by atoms with E-state index >= 15 is 0 Å². The molecule has 0 fully saturated rings. The largest absolute Gasteiger partial charge is 0.493 e. The van der Waals surface area contributed by atoms with Crippen LogP contribution in [0.1, 0.15) is 18.0 Å². The normalized spacial score (nSPS) is 18.5. The Morgan fingerprint density at radius 2 is 2.44 bits per heavy atom. The van der Waals surface area contributed by atoms with E-state index in [-0.39, 0.29) is 24.3 Å². The first kappa shape index (κ1) is 10.9. The van der Waals surface area contributed by atoms with Crippen molar-refractivity contribution in [1.82, 2.24) is 5.32 Å². The molecule has 0 radical (unpaired) electrons. The van der Waals surface area contributed by atoms with Gasteiger partial charge in [0.15, 0.2) is 0 Å². The average Bonchev–Trinajstić information content (AvgIpc) is 2.29. The van der Waals surface area contributed by atoms with E-state index in [0.717, 1.165) is 0 Å². The number of hydrogen-bond donors (Lipinski definition) is 2. The van der Waals surface area contributed by atoms with Crippen LogP contribution in [0.5, 0.6) is 5.75 Å². The number of nitrogens with two attached hydrogens (primary N) is 1. The summed E-state index contributed by atoms with van der Waals surface area (Å²) in [5.41, 5.74) is 5.90. The standard InChI is InChI=1S/C11H13FN2O2/c12-7-1-2-10-8(5-7)9(3-4-16-10)14-11(15)6-13/h1-2,5,9H,3-4,6,13H2,(H,14,15). The second kappa shape index (κ2) is 4.49. The number of carbonyl (C=O) groups is 1. The second-order valence-corrected chi connectivity index (χ2v) is 3.64. The number of nitrogens with one attached hydrogen (secondary N) is 1. The van der Waals surface area contributed by atoms with Gasteiger partial charge in [-0.3, -0.25) is 4.79 Å². The van der Waals surface area contributed by atoms with Crippen LogP contribution in [0.4, 0.5) is 4.39 Å². The number of carbonyl (C=O) groups excluding carboxylic acids is 1. The first-order valence-corrected chi connectivity index (χ1v) is 5.12. The number of rotatable bonds is 2. The highest BCUT2D eigenvalue weighted by atomic mass is 19.1. The second-order valence-electron chi connectivity index (χ2n) is 3.64. The van der Waals surface area contributed by atoms with Gasteiger partial charge in [-0.1, -0.05) is 0 Å². The molecule has 4 nitrogen and oxygen atoms in total. The lowest BCUT2D eigenvalue weighted by atomic mass is 10.0. The Morgan fingerprint density at radius 1 is 1.62 bits per heavy atom. The highest BCUT2D eigenvalue weighted by Crippen LogP contribution is 2.32. The molecule has 1 aromatic rings. The van der Waals surface area contributed by atoms with Gasteiger partial charge in [0.25, 0.3) is 0 Å². The lowest BCUT2D eigenvalue weighted by Crippen LogP contribution is -2.36. The molecule has 1 atom stereocenters. The number of fused-ring (bicyclic) bond motifs is 1. The summed E-state index contributed by atoms with van der Waals surface area (Å²) in [4.78, 5) is 11.2. The van der Waals surface area contributed by atoms with Crippen molar-refractivity contribution in [3.05, 3.63) is 29.6 Å². The van der Waals surface area contributed by atoms with Crippen molar-refractivity contribution in [2.24, 2.45) is 5.73 Å². The molecule has 1 unspecified atom stereocenters. The minimum atomic E-state index is -0.337. The Morgan fingerprint density at radius 3 is 3.19 bits per heavy atom. The summed E-state index contributed by atoms with van der Waals surface area (Å²) in [6.07, 6.45) is 0.627.